The molecule has 0 aliphatic carbocycles. The minimum atomic E-state index is -0.309. The van der Waals surface area contributed by atoms with Crippen LogP contribution in [0.5, 0.6) is 0 Å². The summed E-state index contributed by atoms with van der Waals surface area (Å²) < 4.78 is 0. The van der Waals surface area contributed by atoms with Crippen LogP contribution in [-0.2, 0) is 5.41 Å². The smallest absolute Gasteiger partial charge is 0.138 e. The summed E-state index contributed by atoms with van der Waals surface area (Å²) in [5, 5.41) is 4.51. The van der Waals surface area contributed by atoms with Gasteiger partial charge in [0.1, 0.15) is 5.82 Å². The molecular formula is C32H24N4. The first-order chi connectivity index (χ1) is 17.6. The van der Waals surface area contributed by atoms with Crippen molar-refractivity contribution in [2.24, 2.45) is 0 Å². The average Bonchev–Trinajstić information content (AvgIpc) is 3.37. The molecule has 3 aromatic heterocycles. The third-order valence-corrected chi connectivity index (χ3v) is 7.30. The van der Waals surface area contributed by atoms with E-state index < -0.39 is 0 Å². The Labute approximate surface area is 208 Å². The van der Waals surface area contributed by atoms with Gasteiger partial charge < -0.3 is 4.98 Å². The molecule has 0 amide bonds. The van der Waals surface area contributed by atoms with Crippen molar-refractivity contribution in [2.45, 2.75) is 19.3 Å². The normalized spacial score (nSPS) is 12.2. The topological polar surface area (TPSA) is 54.5 Å². The number of H-pyrrole nitrogens is 1. The standard InChI is InChI=1S/C32H24N4/c1-32(2,24-9-5-7-23(19-24)31-34-25-10-3-4-11-26(25)35-31)27-17-16-22-15-13-20-12-14-21-8-6-18-33-29(21)28(20)30(22)36-27/h3-19H,1-2H3,(H,34,35). The Hall–Kier alpha value is -4.57. The van der Waals surface area contributed by atoms with E-state index >= 15 is 0 Å². The zero-order valence-electron chi connectivity index (χ0n) is 20.2. The van der Waals surface area contributed by atoms with Crippen molar-refractivity contribution in [3.05, 3.63) is 115 Å². The number of hydrogen-bond donors (Lipinski definition) is 1. The van der Waals surface area contributed by atoms with Crippen molar-refractivity contribution in [3.63, 3.8) is 0 Å². The number of nitrogens with zero attached hydrogens (tertiary/aromatic N) is 3. The fourth-order valence-electron chi connectivity index (χ4n) is 5.17. The number of imidazole rings is 1. The lowest BCUT2D eigenvalue weighted by molar-refractivity contribution is 0.620. The Morgan fingerprint density at radius 2 is 1.44 bits per heavy atom. The number of aromatic nitrogens is 4. The van der Waals surface area contributed by atoms with Gasteiger partial charge in [-0.15, -0.1) is 0 Å². The molecule has 172 valence electrons. The first-order valence-corrected chi connectivity index (χ1v) is 12.2. The van der Waals surface area contributed by atoms with Crippen LogP contribution >= 0.6 is 0 Å². The molecule has 0 saturated carbocycles. The lowest BCUT2D eigenvalue weighted by Crippen LogP contribution is -2.20. The Morgan fingerprint density at radius 1 is 0.667 bits per heavy atom. The van der Waals surface area contributed by atoms with Crippen molar-refractivity contribution in [2.75, 3.05) is 0 Å². The number of fused-ring (bicyclic) bond motifs is 6. The molecule has 0 fully saturated rings. The molecule has 4 nitrogen and oxygen atoms in total. The highest BCUT2D eigenvalue weighted by molar-refractivity contribution is 6.17. The summed E-state index contributed by atoms with van der Waals surface area (Å²) in [5.74, 6) is 0.879. The molecule has 0 spiro atoms. The predicted molar refractivity (Wildman–Crippen MR) is 148 cm³/mol. The highest BCUT2D eigenvalue weighted by Gasteiger charge is 2.26. The van der Waals surface area contributed by atoms with Crippen LogP contribution in [-0.4, -0.2) is 19.9 Å². The van der Waals surface area contributed by atoms with E-state index in [0.29, 0.717) is 0 Å². The van der Waals surface area contributed by atoms with E-state index in [0.717, 1.165) is 60.7 Å². The van der Waals surface area contributed by atoms with Gasteiger partial charge in [0.15, 0.2) is 0 Å². The number of nitrogens with one attached hydrogen (secondary N) is 1. The third kappa shape index (κ3) is 3.18. The number of benzene rings is 4. The highest BCUT2D eigenvalue weighted by Crippen LogP contribution is 2.36. The minimum absolute atomic E-state index is 0.309. The number of aromatic amines is 1. The molecular weight excluding hydrogens is 440 g/mol. The summed E-state index contributed by atoms with van der Waals surface area (Å²) >= 11 is 0. The van der Waals surface area contributed by atoms with E-state index in [1.165, 1.54) is 5.56 Å². The van der Waals surface area contributed by atoms with Crippen LogP contribution in [0.2, 0.25) is 0 Å². The number of rotatable bonds is 3. The largest absolute Gasteiger partial charge is 0.338 e. The molecule has 4 heteroatoms. The molecule has 36 heavy (non-hydrogen) atoms. The van der Waals surface area contributed by atoms with Crippen LogP contribution in [0.25, 0.3) is 55.0 Å². The van der Waals surface area contributed by atoms with E-state index in [9.17, 15) is 0 Å². The molecule has 4 aromatic carbocycles. The quantitative estimate of drug-likeness (QED) is 0.271. The van der Waals surface area contributed by atoms with Gasteiger partial charge in [0.2, 0.25) is 0 Å². The fourth-order valence-corrected chi connectivity index (χ4v) is 5.17. The summed E-state index contributed by atoms with van der Waals surface area (Å²) in [6.45, 7) is 4.47. The van der Waals surface area contributed by atoms with E-state index in [1.807, 2.05) is 30.5 Å². The van der Waals surface area contributed by atoms with Gasteiger partial charge in [-0.05, 0) is 41.3 Å². The fraction of sp³-hybridized carbons (Fsp3) is 0.0938. The zero-order chi connectivity index (χ0) is 24.3. The Morgan fingerprint density at radius 3 is 2.31 bits per heavy atom. The second-order valence-corrected chi connectivity index (χ2v) is 9.88. The van der Waals surface area contributed by atoms with E-state index in [-0.39, 0.29) is 5.41 Å². The summed E-state index contributed by atoms with van der Waals surface area (Å²) in [6, 6.07) is 33.8. The Kier molecular flexibility index (Phi) is 4.45. The molecule has 0 aliphatic rings. The van der Waals surface area contributed by atoms with Crippen molar-refractivity contribution in [1.82, 2.24) is 19.9 Å². The number of hydrogen-bond acceptors (Lipinski definition) is 3. The average molecular weight is 465 g/mol. The van der Waals surface area contributed by atoms with Crippen LogP contribution in [0.4, 0.5) is 0 Å². The van der Waals surface area contributed by atoms with Crippen molar-refractivity contribution < 1.29 is 0 Å². The predicted octanol–water partition coefficient (Wildman–Crippen LogP) is 7.81. The minimum Gasteiger partial charge on any atom is -0.338 e. The molecule has 0 radical (unpaired) electrons. The molecule has 7 rings (SSSR count). The summed E-state index contributed by atoms with van der Waals surface area (Å²) in [4.78, 5) is 18.3. The lowest BCUT2D eigenvalue weighted by Gasteiger charge is -2.26. The van der Waals surface area contributed by atoms with Gasteiger partial charge >= 0.3 is 0 Å². The second kappa shape index (κ2) is 7.72. The van der Waals surface area contributed by atoms with Crippen LogP contribution in [0.3, 0.4) is 0 Å². The van der Waals surface area contributed by atoms with Crippen molar-refractivity contribution in [3.8, 4) is 11.4 Å². The Bertz CT molecular complexity index is 1890. The molecule has 0 unspecified atom stereocenters. The van der Waals surface area contributed by atoms with Crippen LogP contribution in [0.1, 0.15) is 25.1 Å². The first-order valence-electron chi connectivity index (χ1n) is 12.2. The van der Waals surface area contributed by atoms with Crippen LogP contribution in [0, 0.1) is 0 Å². The SMILES string of the molecule is CC(C)(c1cccc(-c2nc3ccccc3[nH]2)c1)c1ccc2ccc3ccc4cccnc4c3c2n1. The van der Waals surface area contributed by atoms with Gasteiger partial charge in [0.25, 0.3) is 0 Å². The molecule has 0 atom stereocenters. The maximum atomic E-state index is 5.28. The maximum absolute atomic E-state index is 5.28. The van der Waals surface area contributed by atoms with Gasteiger partial charge in [0.05, 0.1) is 27.8 Å². The Balaban J connectivity index is 1.39. The highest BCUT2D eigenvalue weighted by atomic mass is 14.9. The van der Waals surface area contributed by atoms with E-state index in [4.69, 9.17) is 15.0 Å². The first kappa shape index (κ1) is 20.8. The second-order valence-electron chi connectivity index (χ2n) is 9.88. The lowest BCUT2D eigenvalue weighted by atomic mass is 9.80. The molecule has 1 N–H and O–H groups in total. The van der Waals surface area contributed by atoms with Crippen LogP contribution in [0.15, 0.2) is 103 Å². The van der Waals surface area contributed by atoms with Crippen LogP contribution < -0.4 is 0 Å². The number of pyridine rings is 2. The maximum Gasteiger partial charge on any atom is 0.138 e. The monoisotopic (exact) mass is 464 g/mol. The molecule has 0 bridgehead atoms. The summed E-state index contributed by atoms with van der Waals surface area (Å²) in [6.07, 6.45) is 1.86. The van der Waals surface area contributed by atoms with Gasteiger partial charge in [-0.25, -0.2) is 4.98 Å². The molecule has 3 heterocycles. The molecule has 0 saturated heterocycles. The van der Waals surface area contributed by atoms with Gasteiger partial charge in [0, 0.05) is 33.3 Å². The molecule has 7 aromatic rings. The van der Waals surface area contributed by atoms with Crippen molar-refractivity contribution >= 4 is 43.6 Å². The zero-order valence-corrected chi connectivity index (χ0v) is 20.2. The van der Waals surface area contributed by atoms with E-state index in [1.54, 1.807) is 0 Å². The summed E-state index contributed by atoms with van der Waals surface area (Å²) in [5.41, 5.74) is 6.98. The summed E-state index contributed by atoms with van der Waals surface area (Å²) in [7, 11) is 0. The van der Waals surface area contributed by atoms with E-state index in [2.05, 4.69) is 91.6 Å². The van der Waals surface area contributed by atoms with Gasteiger partial charge in [-0.1, -0.05) is 80.6 Å². The van der Waals surface area contributed by atoms with Gasteiger partial charge in [-0.3, -0.25) is 9.97 Å². The van der Waals surface area contributed by atoms with Gasteiger partial charge in [-0.2, -0.15) is 0 Å². The molecule has 0 aliphatic heterocycles. The number of para-hydroxylation sites is 2. The van der Waals surface area contributed by atoms with Crippen molar-refractivity contribution in [1.29, 1.82) is 0 Å². The third-order valence-electron chi connectivity index (χ3n) is 7.30.